The van der Waals surface area contributed by atoms with Crippen LogP contribution in [0.25, 0.3) is 0 Å². The molecule has 6 N–H and O–H groups in total. The predicted octanol–water partition coefficient (Wildman–Crippen LogP) is -0.0538. The lowest BCUT2D eigenvalue weighted by Crippen LogP contribution is -1.84. The van der Waals surface area contributed by atoms with Crippen molar-refractivity contribution in [2.24, 2.45) is 0 Å². The van der Waals surface area contributed by atoms with Crippen LogP contribution in [0.3, 0.4) is 0 Å². The summed E-state index contributed by atoms with van der Waals surface area (Å²) in [5, 5.41) is 14.5. The maximum Gasteiger partial charge on any atom is 0.239 e. The van der Waals surface area contributed by atoms with Crippen molar-refractivity contribution in [1.82, 2.24) is 21.3 Å². The van der Waals surface area contributed by atoms with Crippen molar-refractivity contribution in [3.05, 3.63) is 6.33 Å². The monoisotopic (exact) mass is 160 g/mol. The molecule has 1 rings (SSSR count). The van der Waals surface area contributed by atoms with Gasteiger partial charge in [-0.2, -0.15) is 5.26 Å². The molecule has 0 bridgehead atoms. The minimum Gasteiger partial charge on any atom is -0.367 e. The van der Waals surface area contributed by atoms with E-state index in [0.717, 1.165) is 0 Å². The smallest absolute Gasteiger partial charge is 0.239 e. The molecule has 0 unspecified atom stereocenters. The fourth-order valence-corrected chi connectivity index (χ4v) is 0.219. The van der Waals surface area contributed by atoms with Gasteiger partial charge >= 0.3 is 0 Å². The first kappa shape index (κ1) is 11.5. The Labute approximate surface area is 63.4 Å². The number of hydrogen-bond acceptors (Lipinski definition) is 6. The van der Waals surface area contributed by atoms with Crippen LogP contribution in [0, 0.1) is 10.7 Å². The van der Waals surface area contributed by atoms with Crippen LogP contribution in [-0.4, -0.2) is 15.2 Å². The summed E-state index contributed by atoms with van der Waals surface area (Å²) in [4.78, 5) is 3.53. The molecule has 0 atom stereocenters. The third-order valence-corrected chi connectivity index (χ3v) is 0.434. The van der Waals surface area contributed by atoms with Crippen molar-refractivity contribution < 1.29 is 0 Å². The molecule has 10 heavy (non-hydrogen) atoms. The first-order valence-corrected chi connectivity index (χ1v) is 2.40. The average Bonchev–Trinajstić information content (AvgIpc) is 2.20. The van der Waals surface area contributed by atoms with Gasteiger partial charge in [0.25, 0.3) is 0 Å². The number of nitrogens with two attached hydrogens (primary N) is 1. The van der Waals surface area contributed by atoms with Gasteiger partial charge in [0.2, 0.25) is 5.95 Å². The van der Waals surface area contributed by atoms with Crippen LogP contribution in [0.1, 0.15) is 0 Å². The van der Waals surface area contributed by atoms with Crippen LogP contribution in [0.4, 0.5) is 5.95 Å². The van der Waals surface area contributed by atoms with Gasteiger partial charge in [-0.1, -0.05) is 12.6 Å². The molecule has 1 heterocycles. The number of hydrogen-bond donors (Lipinski definition) is 4. The van der Waals surface area contributed by atoms with Gasteiger partial charge in [-0.25, -0.2) is 4.98 Å². The second-order valence-corrected chi connectivity index (χ2v) is 1.16. The lowest BCUT2D eigenvalue weighted by molar-refractivity contribution is 1.10. The topological polar surface area (TPSA) is 126 Å². The standard InChI is InChI=1S/C2H4N4.CHNS.H3N/c3-2-4-1-5-6-2;2-1-3;/h1H,(H3,3,4,5,6);3H;1H3. The molecule has 1 aromatic rings. The van der Waals surface area contributed by atoms with Gasteiger partial charge in [-0.3, -0.25) is 5.10 Å². The molecule has 6 nitrogen and oxygen atoms in total. The van der Waals surface area contributed by atoms with Crippen LogP contribution < -0.4 is 11.9 Å². The van der Waals surface area contributed by atoms with E-state index >= 15 is 0 Å². The Kier molecular flexibility index (Phi) is 8.92. The van der Waals surface area contributed by atoms with Crippen molar-refractivity contribution in [3.8, 4) is 5.40 Å². The van der Waals surface area contributed by atoms with E-state index in [0.29, 0.717) is 0 Å². The number of nitrogens with zero attached hydrogens (tertiary/aromatic N) is 3. The SMILES string of the molecule is N.N#CS.Nc1nc[nH]n1. The molecule has 0 amide bonds. The third-order valence-electron chi connectivity index (χ3n) is 0.434. The van der Waals surface area contributed by atoms with Gasteiger partial charge in [0.1, 0.15) is 11.7 Å². The number of thiol groups is 1. The number of nitrogens with one attached hydrogen (secondary N) is 1. The van der Waals surface area contributed by atoms with Crippen LogP contribution in [0.15, 0.2) is 6.33 Å². The van der Waals surface area contributed by atoms with E-state index in [4.69, 9.17) is 11.0 Å². The molecule has 0 saturated heterocycles. The van der Waals surface area contributed by atoms with E-state index in [2.05, 4.69) is 27.8 Å². The Morgan fingerprint density at radius 2 is 2.30 bits per heavy atom. The van der Waals surface area contributed by atoms with Gasteiger partial charge in [-0.15, -0.1) is 5.10 Å². The zero-order chi connectivity index (χ0) is 7.11. The van der Waals surface area contributed by atoms with Crippen LogP contribution in [-0.2, 0) is 0 Å². The zero-order valence-electron chi connectivity index (χ0n) is 5.15. The van der Waals surface area contributed by atoms with E-state index in [9.17, 15) is 0 Å². The summed E-state index contributed by atoms with van der Waals surface area (Å²) >= 11 is 3.09. The molecule has 0 aromatic carbocycles. The van der Waals surface area contributed by atoms with Crippen LogP contribution >= 0.6 is 12.6 Å². The first-order valence-electron chi connectivity index (χ1n) is 1.95. The maximum atomic E-state index is 7.18. The van der Waals surface area contributed by atoms with Crippen LogP contribution in [0.5, 0.6) is 0 Å². The fourth-order valence-electron chi connectivity index (χ4n) is 0.219. The number of thiocyanates is 1. The molecule has 0 spiro atoms. The third kappa shape index (κ3) is 6.74. The van der Waals surface area contributed by atoms with E-state index in [1.165, 1.54) is 11.7 Å². The number of H-pyrrole nitrogens is 1. The highest BCUT2D eigenvalue weighted by Crippen LogP contribution is 1.76. The molecule has 0 aliphatic rings. The summed E-state index contributed by atoms with van der Waals surface area (Å²) in [5.41, 5.74) is 5.02. The van der Waals surface area contributed by atoms with Gasteiger partial charge in [0.15, 0.2) is 0 Å². The number of nitriles is 1. The molecule has 0 saturated carbocycles. The lowest BCUT2D eigenvalue weighted by atomic mass is 11.1. The highest BCUT2D eigenvalue weighted by Gasteiger charge is 1.76. The predicted molar refractivity (Wildman–Crippen MR) is 40.4 cm³/mol. The second-order valence-electron chi connectivity index (χ2n) is 0.957. The first-order chi connectivity index (χ1) is 4.31. The largest absolute Gasteiger partial charge is 0.367 e. The van der Waals surface area contributed by atoms with Gasteiger partial charge < -0.3 is 11.9 Å². The Morgan fingerprint density at radius 1 is 1.80 bits per heavy atom. The summed E-state index contributed by atoms with van der Waals surface area (Å²) in [6, 6.07) is 0. The summed E-state index contributed by atoms with van der Waals surface area (Å²) < 4.78 is 0. The highest BCUT2D eigenvalue weighted by molar-refractivity contribution is 7.85. The van der Waals surface area contributed by atoms with Gasteiger partial charge in [0, 0.05) is 0 Å². The minimum absolute atomic E-state index is 0. The average molecular weight is 160 g/mol. The molecule has 0 radical (unpaired) electrons. The van der Waals surface area contributed by atoms with Crippen molar-refractivity contribution >= 4 is 18.6 Å². The van der Waals surface area contributed by atoms with E-state index < -0.39 is 0 Å². The molecule has 0 fully saturated rings. The summed E-state index contributed by atoms with van der Waals surface area (Å²) in [5.74, 6) is 0.287. The number of aromatic amines is 1. The number of nitrogen functional groups attached to an aromatic ring is 1. The van der Waals surface area contributed by atoms with E-state index in [1.54, 1.807) is 0 Å². The van der Waals surface area contributed by atoms with Gasteiger partial charge in [0.05, 0.1) is 0 Å². The summed E-state index contributed by atoms with van der Waals surface area (Å²) in [7, 11) is 0. The molecule has 7 heteroatoms. The highest BCUT2D eigenvalue weighted by atomic mass is 32.1. The van der Waals surface area contributed by atoms with Crippen molar-refractivity contribution in [2.75, 3.05) is 5.73 Å². The van der Waals surface area contributed by atoms with Crippen molar-refractivity contribution in [3.63, 3.8) is 0 Å². The Balaban J connectivity index is 0. The van der Waals surface area contributed by atoms with Crippen molar-refractivity contribution in [1.29, 1.82) is 5.26 Å². The molecule has 0 aliphatic carbocycles. The minimum atomic E-state index is 0. The Hall–Kier alpha value is -1.26. The summed E-state index contributed by atoms with van der Waals surface area (Å²) in [6.07, 6.45) is 1.43. The zero-order valence-corrected chi connectivity index (χ0v) is 6.05. The number of anilines is 1. The second kappa shape index (κ2) is 7.74. The molecular formula is C3H8N6S. The quantitative estimate of drug-likeness (QED) is 0.312. The van der Waals surface area contributed by atoms with Crippen LogP contribution in [0.2, 0.25) is 0 Å². The van der Waals surface area contributed by atoms with E-state index in [1.807, 2.05) is 0 Å². The maximum absolute atomic E-state index is 7.18. The van der Waals surface area contributed by atoms with Gasteiger partial charge in [-0.05, 0) is 0 Å². The van der Waals surface area contributed by atoms with Crippen molar-refractivity contribution in [2.45, 2.75) is 0 Å². The van der Waals surface area contributed by atoms with E-state index in [-0.39, 0.29) is 12.1 Å². The lowest BCUT2D eigenvalue weighted by Gasteiger charge is -1.65. The molecular weight excluding hydrogens is 152 g/mol. The summed E-state index contributed by atoms with van der Waals surface area (Å²) in [6.45, 7) is 0. The molecule has 56 valence electrons. The normalized spacial score (nSPS) is 6.00. The molecule has 0 aliphatic heterocycles. The number of aromatic nitrogens is 3. The fraction of sp³-hybridized carbons (Fsp3) is 0. The number of rotatable bonds is 0. The Bertz CT molecular complexity index is 175. The molecule has 1 aromatic heterocycles. The Morgan fingerprint density at radius 3 is 2.40 bits per heavy atom.